The summed E-state index contributed by atoms with van der Waals surface area (Å²) in [7, 11) is 0. The lowest BCUT2D eigenvalue weighted by atomic mass is 9.99. The zero-order chi connectivity index (χ0) is 20.4. The summed E-state index contributed by atoms with van der Waals surface area (Å²) in [6.45, 7) is 8.23. The van der Waals surface area contributed by atoms with Crippen molar-refractivity contribution in [2.45, 2.75) is 33.6 Å². The molecule has 0 radical (unpaired) electrons. The number of aryl methyl sites for hydroxylation is 1. The molecular weight excluding hydrogens is 370 g/mol. The molecule has 1 aliphatic rings. The topological polar surface area (TPSA) is 93.4 Å². The molecule has 1 aromatic carbocycles. The fraction of sp³-hybridized carbons (Fsp3) is 0.429. The summed E-state index contributed by atoms with van der Waals surface area (Å²) in [5.41, 5.74) is 2.39. The van der Waals surface area contributed by atoms with E-state index in [-0.39, 0.29) is 18.0 Å². The largest absolute Gasteiger partial charge is 0.461 e. The molecule has 0 atom stereocenters. The zero-order valence-electron chi connectivity index (χ0n) is 16.9. The van der Waals surface area contributed by atoms with Crippen molar-refractivity contribution in [3.05, 3.63) is 35.8 Å². The Kier molecular flexibility index (Phi) is 5.33. The van der Waals surface area contributed by atoms with E-state index < -0.39 is 5.97 Å². The number of ether oxygens (including phenoxy) is 1. The molecule has 0 bridgehead atoms. The molecule has 2 aromatic heterocycles. The predicted molar refractivity (Wildman–Crippen MR) is 111 cm³/mol. The number of carbonyl (C=O) groups excluding carboxylic acids is 1. The third kappa shape index (κ3) is 4.01. The van der Waals surface area contributed by atoms with Gasteiger partial charge in [0.25, 0.3) is 5.71 Å². The molecule has 1 saturated heterocycles. The van der Waals surface area contributed by atoms with Crippen LogP contribution >= 0.6 is 0 Å². The molecule has 152 valence electrons. The summed E-state index contributed by atoms with van der Waals surface area (Å²) < 4.78 is 10.3. The number of carbonyl (C=O) groups is 1. The number of anilines is 3. The van der Waals surface area contributed by atoms with Gasteiger partial charge in [-0.15, -0.1) is 0 Å². The summed E-state index contributed by atoms with van der Waals surface area (Å²) in [6.07, 6.45) is 2.45. The second-order valence-electron chi connectivity index (χ2n) is 7.39. The molecule has 1 aliphatic heterocycles. The second kappa shape index (κ2) is 8.06. The third-order valence-corrected chi connectivity index (χ3v) is 5.20. The first-order valence-electron chi connectivity index (χ1n) is 9.98. The van der Waals surface area contributed by atoms with Crippen LogP contribution in [-0.2, 0) is 4.74 Å². The highest BCUT2D eigenvalue weighted by molar-refractivity contribution is 6.05. The minimum atomic E-state index is -0.559. The van der Waals surface area contributed by atoms with Gasteiger partial charge in [0.05, 0.1) is 6.61 Å². The van der Waals surface area contributed by atoms with Gasteiger partial charge in [0, 0.05) is 24.5 Å². The summed E-state index contributed by atoms with van der Waals surface area (Å²) in [5.74, 6) is 1.23. The molecule has 1 N–H and O–H groups in total. The van der Waals surface area contributed by atoms with Crippen molar-refractivity contribution in [3.8, 4) is 0 Å². The lowest BCUT2D eigenvalue weighted by molar-refractivity contribution is 0.0517. The number of hydrogen-bond donors (Lipinski definition) is 1. The standard InChI is InChI=1S/C21H25N5O3/c1-4-28-21(27)18-17-19(22-14(3)23-20(17)29-25-18)24-15-5-7-16(8-6-15)26-11-9-13(2)10-12-26/h5-8,13H,4,9-12H2,1-3H3,(H,22,23,24). The number of esters is 1. The highest BCUT2D eigenvalue weighted by atomic mass is 16.5. The fourth-order valence-corrected chi connectivity index (χ4v) is 3.55. The number of aromatic nitrogens is 3. The van der Waals surface area contributed by atoms with E-state index in [0.717, 1.165) is 24.7 Å². The van der Waals surface area contributed by atoms with Crippen LogP contribution in [0.2, 0.25) is 0 Å². The summed E-state index contributed by atoms with van der Waals surface area (Å²) >= 11 is 0. The molecule has 3 aromatic rings. The van der Waals surface area contributed by atoms with Crippen LogP contribution < -0.4 is 10.2 Å². The van der Waals surface area contributed by atoms with E-state index in [1.165, 1.54) is 18.5 Å². The molecular formula is C21H25N5O3. The van der Waals surface area contributed by atoms with Crippen molar-refractivity contribution in [1.82, 2.24) is 15.1 Å². The molecule has 0 amide bonds. The Morgan fingerprint density at radius 1 is 1.24 bits per heavy atom. The fourth-order valence-electron chi connectivity index (χ4n) is 3.55. The first kappa shape index (κ1) is 19.2. The normalized spacial score (nSPS) is 14.9. The van der Waals surface area contributed by atoms with E-state index in [1.54, 1.807) is 13.8 Å². The van der Waals surface area contributed by atoms with E-state index in [4.69, 9.17) is 9.26 Å². The summed E-state index contributed by atoms with van der Waals surface area (Å²) in [5, 5.41) is 7.53. The molecule has 0 aliphatic carbocycles. The number of rotatable bonds is 5. The van der Waals surface area contributed by atoms with Crippen LogP contribution in [0, 0.1) is 12.8 Å². The number of nitrogens with one attached hydrogen (secondary N) is 1. The van der Waals surface area contributed by atoms with Crippen LogP contribution in [0.1, 0.15) is 43.0 Å². The first-order valence-corrected chi connectivity index (χ1v) is 9.98. The molecule has 8 heteroatoms. The average Bonchev–Trinajstić information content (AvgIpc) is 3.13. The van der Waals surface area contributed by atoms with Crippen LogP contribution in [0.25, 0.3) is 11.1 Å². The minimum Gasteiger partial charge on any atom is -0.461 e. The van der Waals surface area contributed by atoms with Gasteiger partial charge >= 0.3 is 5.97 Å². The van der Waals surface area contributed by atoms with Crippen molar-refractivity contribution in [1.29, 1.82) is 0 Å². The van der Waals surface area contributed by atoms with Crippen LogP contribution in [-0.4, -0.2) is 40.8 Å². The van der Waals surface area contributed by atoms with E-state index in [2.05, 4.69) is 44.4 Å². The van der Waals surface area contributed by atoms with Gasteiger partial charge in [-0.1, -0.05) is 12.1 Å². The summed E-state index contributed by atoms with van der Waals surface area (Å²) in [4.78, 5) is 23.3. The highest BCUT2D eigenvalue weighted by Gasteiger charge is 2.23. The maximum Gasteiger partial charge on any atom is 0.361 e. The van der Waals surface area contributed by atoms with Gasteiger partial charge in [-0.25, -0.2) is 9.78 Å². The predicted octanol–water partition coefficient (Wildman–Crippen LogP) is 4.08. The molecule has 0 spiro atoms. The van der Waals surface area contributed by atoms with Crippen molar-refractivity contribution >= 4 is 34.3 Å². The summed E-state index contributed by atoms with van der Waals surface area (Å²) in [6, 6.07) is 8.22. The van der Waals surface area contributed by atoms with Gasteiger partial charge in [-0.2, -0.15) is 4.98 Å². The van der Waals surface area contributed by atoms with Crippen molar-refractivity contribution < 1.29 is 14.1 Å². The molecule has 8 nitrogen and oxygen atoms in total. The van der Waals surface area contributed by atoms with Gasteiger partial charge in [0.15, 0.2) is 0 Å². The van der Waals surface area contributed by atoms with E-state index in [0.29, 0.717) is 17.0 Å². The van der Waals surface area contributed by atoms with Gasteiger partial charge in [-0.3, -0.25) is 0 Å². The smallest absolute Gasteiger partial charge is 0.361 e. The average molecular weight is 395 g/mol. The Bertz CT molecular complexity index is 1010. The quantitative estimate of drug-likeness (QED) is 0.646. The van der Waals surface area contributed by atoms with E-state index >= 15 is 0 Å². The third-order valence-electron chi connectivity index (χ3n) is 5.20. The number of nitrogens with zero attached hydrogens (tertiary/aromatic N) is 4. The van der Waals surface area contributed by atoms with Crippen molar-refractivity contribution in [2.75, 3.05) is 29.9 Å². The highest BCUT2D eigenvalue weighted by Crippen LogP contribution is 2.29. The maximum absolute atomic E-state index is 12.2. The monoisotopic (exact) mass is 395 g/mol. The zero-order valence-corrected chi connectivity index (χ0v) is 16.9. The van der Waals surface area contributed by atoms with Crippen LogP contribution in [0.3, 0.4) is 0 Å². The van der Waals surface area contributed by atoms with Crippen molar-refractivity contribution in [2.24, 2.45) is 5.92 Å². The molecule has 4 rings (SSSR count). The molecule has 1 fully saturated rings. The first-order chi connectivity index (χ1) is 14.0. The minimum absolute atomic E-state index is 0.0726. The Balaban J connectivity index is 1.60. The Labute approximate surface area is 169 Å². The van der Waals surface area contributed by atoms with Gasteiger partial charge in [0.1, 0.15) is 17.0 Å². The Hall–Kier alpha value is -3.16. The van der Waals surface area contributed by atoms with E-state index in [9.17, 15) is 4.79 Å². The number of benzene rings is 1. The van der Waals surface area contributed by atoms with Gasteiger partial charge < -0.3 is 19.5 Å². The van der Waals surface area contributed by atoms with Crippen molar-refractivity contribution in [3.63, 3.8) is 0 Å². The van der Waals surface area contributed by atoms with Crippen LogP contribution in [0.4, 0.5) is 17.2 Å². The van der Waals surface area contributed by atoms with Gasteiger partial charge in [0.2, 0.25) is 5.69 Å². The lowest BCUT2D eigenvalue weighted by Gasteiger charge is -2.32. The Morgan fingerprint density at radius 3 is 2.66 bits per heavy atom. The Morgan fingerprint density at radius 2 is 1.97 bits per heavy atom. The maximum atomic E-state index is 12.2. The number of piperidine rings is 1. The number of fused-ring (bicyclic) bond motifs is 1. The van der Waals surface area contributed by atoms with Crippen LogP contribution in [0.5, 0.6) is 0 Å². The molecule has 29 heavy (non-hydrogen) atoms. The van der Waals surface area contributed by atoms with Gasteiger partial charge in [-0.05, 0) is 56.9 Å². The van der Waals surface area contributed by atoms with Crippen LogP contribution in [0.15, 0.2) is 28.8 Å². The molecule has 0 unspecified atom stereocenters. The van der Waals surface area contributed by atoms with E-state index in [1.807, 2.05) is 12.1 Å². The SMILES string of the molecule is CCOC(=O)c1noc2nc(C)nc(Nc3ccc(N4CCC(C)CC4)cc3)c12. The molecule has 0 saturated carbocycles. The lowest BCUT2D eigenvalue weighted by Crippen LogP contribution is -2.32. The second-order valence-corrected chi connectivity index (χ2v) is 7.39. The number of hydrogen-bond acceptors (Lipinski definition) is 8. The molecule has 3 heterocycles.